The number of fused-ring (bicyclic) bond motifs is 2. The minimum Gasteiger partial charge on any atom is -0.368 e. The normalized spacial score (nSPS) is 18.1. The highest BCUT2D eigenvalue weighted by atomic mass is 32.2. The van der Waals surface area contributed by atoms with E-state index in [4.69, 9.17) is 16.7 Å². The molecule has 0 spiro atoms. The molecule has 4 rings (SSSR count). The number of nitrogens with two attached hydrogens (primary N) is 2. The maximum absolute atomic E-state index is 13.7. The van der Waals surface area contributed by atoms with Gasteiger partial charge in [-0.25, -0.2) is 10.3 Å². The predicted molar refractivity (Wildman–Crippen MR) is 240 cm³/mol. The Kier molecular flexibility index (Phi) is 21.3. The number of para-hydroxylation sites is 1. The van der Waals surface area contributed by atoms with Crippen LogP contribution in [0.25, 0.3) is 10.9 Å². The van der Waals surface area contributed by atoms with Crippen LogP contribution in [0.4, 0.5) is 4.79 Å². The minimum atomic E-state index is -1.20. The summed E-state index contributed by atoms with van der Waals surface area (Å²) >= 11 is 1.84. The smallest absolute Gasteiger partial charge is 0.315 e. The first kappa shape index (κ1) is 51.7. The predicted octanol–water partition coefficient (Wildman–Crippen LogP) is -1.44. The Morgan fingerprint density at radius 1 is 0.800 bits per heavy atom. The highest BCUT2D eigenvalue weighted by Crippen LogP contribution is 2.33. The minimum absolute atomic E-state index is 0.0156. The van der Waals surface area contributed by atoms with Crippen LogP contribution in [-0.2, 0) is 44.8 Å². The van der Waals surface area contributed by atoms with E-state index in [-0.39, 0.29) is 49.7 Å². The summed E-state index contributed by atoms with van der Waals surface area (Å²) in [6.45, 7) is 1.07. The van der Waals surface area contributed by atoms with E-state index >= 15 is 0 Å². The van der Waals surface area contributed by atoms with Gasteiger partial charge >= 0.3 is 6.03 Å². The number of nitrogens with one attached hydrogen (secondary N) is 10. The SMILES string of the molecule is C[C@H](NC(=O)[C@H](Cc1c[nH]c2ccccc12)NC(=O)C(CCCCN)CC(=O)NO)C(=O)NCC(=O)NCC(=O)N[C@@H](CCCCNC(=O)CCCC[C@@H]1SC[C@@H]2NC(=O)N[C@@H]21)C(N)=O. The second-order valence-corrected chi connectivity index (χ2v) is 17.6. The number of hydroxylamine groups is 1. The fraction of sp³-hybridized carbons (Fsp3) is 0.595. The summed E-state index contributed by atoms with van der Waals surface area (Å²) < 4.78 is 0. The van der Waals surface area contributed by atoms with Gasteiger partial charge in [0.15, 0.2) is 0 Å². The van der Waals surface area contributed by atoms with Gasteiger partial charge in [0.25, 0.3) is 0 Å². The van der Waals surface area contributed by atoms with Crippen molar-refractivity contribution < 1.29 is 48.4 Å². The van der Waals surface area contributed by atoms with E-state index in [1.54, 1.807) is 6.20 Å². The second kappa shape index (κ2) is 26.8. The molecule has 0 radical (unpaired) electrons. The number of primary amides is 1. The molecule has 2 aliphatic rings. The van der Waals surface area contributed by atoms with Gasteiger partial charge < -0.3 is 59.0 Å². The van der Waals surface area contributed by atoms with Crippen LogP contribution in [0.5, 0.6) is 0 Å². The summed E-state index contributed by atoms with van der Waals surface area (Å²) in [5, 5.41) is 31.5. The summed E-state index contributed by atoms with van der Waals surface area (Å²) in [5.41, 5.74) is 14.1. The Morgan fingerprint density at radius 2 is 1.55 bits per heavy atom. The van der Waals surface area contributed by atoms with E-state index in [0.717, 1.165) is 35.9 Å². The van der Waals surface area contributed by atoms with E-state index in [0.29, 0.717) is 56.0 Å². The number of urea groups is 1. The van der Waals surface area contributed by atoms with Gasteiger partial charge in [-0.1, -0.05) is 31.0 Å². The number of rotatable bonds is 29. The van der Waals surface area contributed by atoms with Crippen molar-refractivity contribution in [3.05, 3.63) is 36.0 Å². The van der Waals surface area contributed by atoms with E-state index in [9.17, 15) is 43.2 Å². The van der Waals surface area contributed by atoms with E-state index < -0.39 is 78.5 Å². The Bertz CT molecular complexity index is 1980. The van der Waals surface area contributed by atoms with Crippen LogP contribution in [0.2, 0.25) is 0 Å². The summed E-state index contributed by atoms with van der Waals surface area (Å²) in [7, 11) is 0. The van der Waals surface area contributed by atoms with Crippen LogP contribution in [-0.4, -0.2) is 131 Å². The van der Waals surface area contributed by atoms with Gasteiger partial charge in [0.2, 0.25) is 47.3 Å². The number of unbranched alkanes of at least 4 members (excludes halogenated alkanes) is 3. The average molecular weight is 929 g/mol. The molecule has 1 aromatic heterocycles. The molecular formula is C42H64N12O10S. The Morgan fingerprint density at radius 3 is 2.31 bits per heavy atom. The Hall–Kier alpha value is -5.94. The molecule has 358 valence electrons. The second-order valence-electron chi connectivity index (χ2n) is 16.3. The van der Waals surface area contributed by atoms with E-state index in [1.165, 1.54) is 12.4 Å². The summed E-state index contributed by atoms with van der Waals surface area (Å²) in [6, 6.07) is 4.14. The summed E-state index contributed by atoms with van der Waals surface area (Å²) in [6.07, 6.45) is 6.86. The number of aromatic nitrogens is 1. The van der Waals surface area contributed by atoms with Crippen molar-refractivity contribution in [3.63, 3.8) is 0 Å². The molecule has 0 bridgehead atoms. The number of aromatic amines is 1. The van der Waals surface area contributed by atoms with Gasteiger partial charge in [-0.2, -0.15) is 11.8 Å². The molecule has 1 unspecified atom stereocenters. The number of hydrogen-bond acceptors (Lipinski definition) is 12. The maximum atomic E-state index is 13.7. The van der Waals surface area contributed by atoms with Gasteiger partial charge in [-0.15, -0.1) is 0 Å². The molecule has 1 aromatic carbocycles. The van der Waals surface area contributed by atoms with Crippen LogP contribution < -0.4 is 59.5 Å². The molecular weight excluding hydrogens is 865 g/mol. The molecule has 2 aliphatic heterocycles. The molecule has 65 heavy (non-hydrogen) atoms. The first-order chi connectivity index (χ1) is 31.2. The lowest BCUT2D eigenvalue weighted by Gasteiger charge is -2.24. The van der Waals surface area contributed by atoms with Crippen LogP contribution in [0.15, 0.2) is 30.5 Å². The highest BCUT2D eigenvalue weighted by Gasteiger charge is 2.42. The summed E-state index contributed by atoms with van der Waals surface area (Å²) in [4.78, 5) is 116. The first-order valence-electron chi connectivity index (χ1n) is 22.1. The number of H-pyrrole nitrogens is 1. The van der Waals surface area contributed by atoms with Crippen LogP contribution >= 0.6 is 11.8 Å². The third-order valence-corrected chi connectivity index (χ3v) is 12.8. The van der Waals surface area contributed by atoms with E-state index in [1.807, 2.05) is 36.0 Å². The third kappa shape index (κ3) is 17.2. The largest absolute Gasteiger partial charge is 0.368 e. The topological polar surface area (TPSA) is 350 Å². The van der Waals surface area contributed by atoms with Crippen molar-refractivity contribution in [2.45, 2.75) is 119 Å². The summed E-state index contributed by atoms with van der Waals surface area (Å²) in [5.74, 6) is -5.12. The number of amides is 10. The number of carbonyl (C=O) groups is 9. The van der Waals surface area contributed by atoms with Gasteiger partial charge in [-0.05, 0) is 70.0 Å². The quantitative estimate of drug-likeness (QED) is 0.0193. The van der Waals surface area contributed by atoms with Crippen LogP contribution in [0, 0.1) is 5.92 Å². The van der Waals surface area contributed by atoms with Crippen molar-refractivity contribution in [3.8, 4) is 0 Å². The molecule has 2 saturated heterocycles. The molecule has 2 aromatic rings. The fourth-order valence-corrected chi connectivity index (χ4v) is 9.23. The Balaban J connectivity index is 1.15. The Labute approximate surface area is 381 Å². The molecule has 10 amide bonds. The number of benzene rings is 1. The van der Waals surface area contributed by atoms with Crippen molar-refractivity contribution in [2.75, 3.05) is 31.9 Å². The first-order valence-corrected chi connectivity index (χ1v) is 23.1. The maximum Gasteiger partial charge on any atom is 0.315 e. The van der Waals surface area contributed by atoms with Crippen molar-refractivity contribution in [1.82, 2.24) is 53.0 Å². The average Bonchev–Trinajstić information content (AvgIpc) is 3.98. The van der Waals surface area contributed by atoms with Gasteiger partial charge in [0, 0.05) is 59.8 Å². The van der Waals surface area contributed by atoms with E-state index in [2.05, 4.69) is 47.5 Å². The number of hydrogen-bond donors (Lipinski definition) is 13. The third-order valence-electron chi connectivity index (χ3n) is 11.3. The van der Waals surface area contributed by atoms with Crippen molar-refractivity contribution >= 4 is 76.0 Å². The molecule has 0 saturated carbocycles. The molecule has 15 N–H and O–H groups in total. The zero-order valence-corrected chi connectivity index (χ0v) is 37.4. The van der Waals surface area contributed by atoms with Crippen LogP contribution in [0.3, 0.4) is 0 Å². The van der Waals surface area contributed by atoms with Gasteiger partial charge in [0.1, 0.15) is 18.1 Å². The standard InChI is InChI=1S/C42H64N12O10S/c1-24(49-41(62)30(18-26-20-46-28-12-3-2-11-27(26)28)51-40(61)25(10-6-8-16-43)19-34(56)54-64)39(60)48-21-35(57)47-22-36(58)50-29(38(44)59)13-7-9-17-45-33(55)15-5-4-14-32-37-31(23-65-32)52-42(63)53-37/h2-3,11-12,20,24-25,29-32,37,46,64H,4-10,13-19,21-23,43H2,1H3,(H2,44,59)(H,45,55)(H,47,57)(H,48,60)(H,49,62)(H,50,58)(H,51,61)(H,54,56)(H2,52,53,63)/t24-,25?,29-,30-,31-,32-,37-/m0/s1. The lowest BCUT2D eigenvalue weighted by molar-refractivity contribution is -0.136. The molecule has 0 aliphatic carbocycles. The lowest BCUT2D eigenvalue weighted by atomic mass is 9.95. The number of carbonyl (C=O) groups excluding carboxylic acids is 9. The zero-order chi connectivity index (χ0) is 47.3. The van der Waals surface area contributed by atoms with Gasteiger partial charge in [-0.3, -0.25) is 43.6 Å². The monoisotopic (exact) mass is 928 g/mol. The van der Waals surface area contributed by atoms with Crippen molar-refractivity contribution in [2.24, 2.45) is 17.4 Å². The molecule has 2 fully saturated rings. The number of thioether (sulfide) groups is 1. The highest BCUT2D eigenvalue weighted by molar-refractivity contribution is 8.00. The van der Waals surface area contributed by atoms with Crippen LogP contribution in [0.1, 0.15) is 83.1 Å². The molecule has 22 nitrogen and oxygen atoms in total. The molecule has 3 heterocycles. The van der Waals surface area contributed by atoms with Gasteiger partial charge in [0.05, 0.1) is 25.2 Å². The molecule has 23 heteroatoms. The van der Waals surface area contributed by atoms with Crippen molar-refractivity contribution in [1.29, 1.82) is 0 Å². The molecule has 7 atom stereocenters. The zero-order valence-electron chi connectivity index (χ0n) is 36.6. The fourth-order valence-electron chi connectivity index (χ4n) is 7.69. The lowest BCUT2D eigenvalue weighted by Crippen LogP contribution is -2.55.